The minimum atomic E-state index is -4.96. The molecule has 0 fully saturated rings. The van der Waals surface area contributed by atoms with Crippen molar-refractivity contribution < 1.29 is 43.7 Å². The van der Waals surface area contributed by atoms with Crippen LogP contribution in [0.15, 0.2) is 60.8 Å². The van der Waals surface area contributed by atoms with Gasteiger partial charge in [0.15, 0.2) is 0 Å². The molecule has 9 nitrogen and oxygen atoms in total. The Kier molecular flexibility index (Phi) is 13.9. The molecule has 0 bridgehead atoms. The van der Waals surface area contributed by atoms with Crippen LogP contribution in [0.3, 0.4) is 0 Å². The first kappa shape index (κ1) is 29.2. The van der Waals surface area contributed by atoms with Crippen molar-refractivity contribution in [3.8, 4) is 0 Å². The molecule has 0 spiro atoms. The van der Waals surface area contributed by atoms with E-state index in [0.717, 1.165) is 0 Å². The third kappa shape index (κ3) is 12.8. The summed E-state index contributed by atoms with van der Waals surface area (Å²) in [6.45, 7) is 1.16. The second-order valence-corrected chi connectivity index (χ2v) is 7.66. The van der Waals surface area contributed by atoms with E-state index >= 15 is 0 Å². The molecule has 0 aromatic carbocycles. The summed E-state index contributed by atoms with van der Waals surface area (Å²) in [6, 6.07) is 0. The minimum Gasteiger partial charge on any atom is -0.455 e. The first-order valence-corrected chi connectivity index (χ1v) is 10.4. The van der Waals surface area contributed by atoms with Crippen LogP contribution in [0, 0.1) is 0 Å². The predicted octanol–water partition coefficient (Wildman–Crippen LogP) is 0.674. The number of phosphoric acid groups is 1. The van der Waals surface area contributed by atoms with E-state index in [2.05, 4.69) is 4.52 Å². The van der Waals surface area contributed by atoms with E-state index in [9.17, 15) is 19.6 Å². The third-order valence-corrected chi connectivity index (χ3v) is 4.35. The van der Waals surface area contributed by atoms with Gasteiger partial charge >= 0.3 is 13.8 Å². The van der Waals surface area contributed by atoms with E-state index in [1.165, 1.54) is 43.4 Å². The van der Waals surface area contributed by atoms with Crippen LogP contribution in [0.4, 0.5) is 0 Å². The van der Waals surface area contributed by atoms with Crippen LogP contribution in [0.2, 0.25) is 0 Å². The molecular formula is C19H27NaO9P. The fraction of sp³-hybridized carbons (Fsp3) is 0.421. The Labute approximate surface area is 197 Å². The fourth-order valence-electron chi connectivity index (χ4n) is 2.37. The summed E-state index contributed by atoms with van der Waals surface area (Å²) in [4.78, 5) is 29.6. The quantitative estimate of drug-likeness (QED) is 0.0999. The van der Waals surface area contributed by atoms with Crippen LogP contribution < -0.4 is 0 Å². The largest absolute Gasteiger partial charge is 0.469 e. The first-order valence-electron chi connectivity index (χ1n) is 8.85. The molecule has 5 N–H and O–H groups in total. The molecule has 163 valence electrons. The van der Waals surface area contributed by atoms with Crippen molar-refractivity contribution >= 4 is 43.3 Å². The van der Waals surface area contributed by atoms with Crippen LogP contribution in [-0.4, -0.2) is 91.2 Å². The number of hydrogen-bond donors (Lipinski definition) is 5. The van der Waals surface area contributed by atoms with Gasteiger partial charge in [0.1, 0.15) is 17.8 Å². The Morgan fingerprint density at radius 3 is 2.60 bits per heavy atom. The fourth-order valence-corrected chi connectivity index (χ4v) is 3.01. The van der Waals surface area contributed by atoms with Crippen molar-refractivity contribution in [2.75, 3.05) is 6.61 Å². The topological polar surface area (TPSA) is 154 Å². The number of esters is 1. The SMILES string of the molecule is C[C@@](O)(/C=C/[C@H]1CC=CC(=O)O1)[C@@H](C[C@@H](O)\C=C/C=C\C=C\CO)OP(=O)(O)O.[Na]. The number of rotatable bonds is 11. The molecule has 1 aliphatic heterocycles. The van der Waals surface area contributed by atoms with Crippen molar-refractivity contribution in [3.63, 3.8) is 0 Å². The van der Waals surface area contributed by atoms with E-state index in [-0.39, 0.29) is 42.6 Å². The van der Waals surface area contributed by atoms with Gasteiger partial charge in [-0.15, -0.1) is 0 Å². The zero-order valence-electron chi connectivity index (χ0n) is 16.9. The molecule has 0 amide bonds. The second kappa shape index (κ2) is 14.3. The Balaban J connectivity index is 0.00000841. The van der Waals surface area contributed by atoms with Gasteiger partial charge in [-0.3, -0.25) is 4.52 Å². The molecule has 30 heavy (non-hydrogen) atoms. The second-order valence-electron chi connectivity index (χ2n) is 6.47. The van der Waals surface area contributed by atoms with Gasteiger partial charge in [-0.05, 0) is 13.0 Å². The number of ether oxygens (including phenoxy) is 1. The summed E-state index contributed by atoms with van der Waals surface area (Å²) in [5.41, 5.74) is -1.87. The molecule has 1 rings (SSSR count). The molecule has 4 atom stereocenters. The molecule has 0 aromatic rings. The van der Waals surface area contributed by atoms with Crippen molar-refractivity contribution in [2.24, 2.45) is 0 Å². The number of carbonyl (C=O) groups excluding carboxylic acids is 1. The minimum absolute atomic E-state index is 0. The molecule has 0 saturated heterocycles. The number of allylic oxidation sites excluding steroid dienone is 4. The molecule has 1 aliphatic rings. The molecule has 0 unspecified atom stereocenters. The Morgan fingerprint density at radius 1 is 1.33 bits per heavy atom. The van der Waals surface area contributed by atoms with Crippen molar-refractivity contribution in [2.45, 2.75) is 43.7 Å². The third-order valence-electron chi connectivity index (χ3n) is 3.82. The van der Waals surface area contributed by atoms with E-state index in [1.807, 2.05) is 0 Å². The predicted molar refractivity (Wildman–Crippen MR) is 111 cm³/mol. The van der Waals surface area contributed by atoms with Gasteiger partial charge in [0, 0.05) is 48.5 Å². The summed E-state index contributed by atoms with van der Waals surface area (Å²) in [7, 11) is -4.96. The summed E-state index contributed by atoms with van der Waals surface area (Å²) in [5.74, 6) is -0.531. The molecule has 0 aliphatic carbocycles. The van der Waals surface area contributed by atoms with Gasteiger partial charge in [-0.2, -0.15) is 0 Å². The maximum absolute atomic E-state index is 11.3. The molecular weight excluding hydrogens is 426 g/mol. The molecule has 11 heteroatoms. The maximum Gasteiger partial charge on any atom is 0.469 e. The summed E-state index contributed by atoms with van der Waals surface area (Å²) in [6.07, 6.45) is 11.5. The Bertz CT molecular complexity index is 722. The van der Waals surface area contributed by atoms with Gasteiger partial charge in [0.05, 0.1) is 12.7 Å². The van der Waals surface area contributed by atoms with E-state index in [4.69, 9.17) is 19.6 Å². The van der Waals surface area contributed by atoms with Crippen molar-refractivity contribution in [1.29, 1.82) is 0 Å². The average Bonchev–Trinajstić information content (AvgIpc) is 2.61. The zero-order valence-corrected chi connectivity index (χ0v) is 19.8. The van der Waals surface area contributed by atoms with Crippen molar-refractivity contribution in [3.05, 3.63) is 60.8 Å². The number of cyclic esters (lactones) is 1. The molecule has 0 aromatic heterocycles. The van der Waals surface area contributed by atoms with Gasteiger partial charge in [0.2, 0.25) is 0 Å². The van der Waals surface area contributed by atoms with Gasteiger partial charge in [-0.1, -0.05) is 48.6 Å². The van der Waals surface area contributed by atoms with Gasteiger partial charge in [-0.25, -0.2) is 9.36 Å². The van der Waals surface area contributed by atoms with Crippen molar-refractivity contribution in [1.82, 2.24) is 0 Å². The van der Waals surface area contributed by atoms with E-state index in [1.54, 1.807) is 24.3 Å². The standard InChI is InChI=1S/C19H27O9P.Na/c1-19(23,12-11-16-9-7-10-18(22)27-16)17(28-29(24,25)26)14-15(21)8-5-3-2-4-6-13-20;/h2-8,10-12,15-17,20-21,23H,9,13-14H2,1H3,(H2,24,25,26);/b3-2-,6-4+,8-5-,12-11+;/t15-,16+,17+,19+;/m0./s1. The molecule has 0 saturated carbocycles. The number of phosphoric ester groups is 1. The van der Waals surface area contributed by atoms with Crippen LogP contribution in [-0.2, 0) is 18.6 Å². The normalized spacial score (nSPS) is 21.8. The maximum atomic E-state index is 11.3. The number of hydrogen-bond acceptors (Lipinski definition) is 7. The number of aliphatic hydroxyl groups excluding tert-OH is 2. The van der Waals surface area contributed by atoms with Gasteiger partial charge in [0.25, 0.3) is 0 Å². The molecule has 1 heterocycles. The number of aliphatic hydroxyl groups is 3. The summed E-state index contributed by atoms with van der Waals surface area (Å²) >= 11 is 0. The smallest absolute Gasteiger partial charge is 0.455 e. The summed E-state index contributed by atoms with van der Waals surface area (Å²) < 4.78 is 21.0. The van der Waals surface area contributed by atoms with E-state index in [0.29, 0.717) is 6.42 Å². The van der Waals surface area contributed by atoms with Crippen LogP contribution in [0.1, 0.15) is 19.8 Å². The molecule has 1 radical (unpaired) electrons. The summed E-state index contributed by atoms with van der Waals surface area (Å²) in [5, 5.41) is 29.4. The zero-order chi connectivity index (χ0) is 21.9. The van der Waals surface area contributed by atoms with Crippen LogP contribution in [0.5, 0.6) is 0 Å². The average molecular weight is 453 g/mol. The monoisotopic (exact) mass is 453 g/mol. The van der Waals surface area contributed by atoms with Gasteiger partial charge < -0.3 is 29.8 Å². The number of carbonyl (C=O) groups is 1. The first-order chi connectivity index (χ1) is 13.5. The van der Waals surface area contributed by atoms with E-state index < -0.39 is 37.7 Å². The van der Waals surface area contributed by atoms with Crippen LogP contribution >= 0.6 is 7.82 Å². The Morgan fingerprint density at radius 2 is 2.00 bits per heavy atom. The Hall–Kier alpha value is -0.840. The van der Waals surface area contributed by atoms with Crippen LogP contribution in [0.25, 0.3) is 0 Å².